The normalized spacial score (nSPS) is 11.3. The van der Waals surface area contributed by atoms with E-state index in [1.165, 1.54) is 17.7 Å². The van der Waals surface area contributed by atoms with Crippen LogP contribution in [-0.2, 0) is 6.42 Å². The van der Waals surface area contributed by atoms with E-state index in [-0.39, 0.29) is 11.1 Å². The van der Waals surface area contributed by atoms with Crippen LogP contribution in [0.4, 0.5) is 22.0 Å². The van der Waals surface area contributed by atoms with Crippen molar-refractivity contribution in [3.05, 3.63) is 89.7 Å². The molecule has 0 spiro atoms. The Kier molecular flexibility index (Phi) is 5.63. The highest BCUT2D eigenvalue weighted by Crippen LogP contribution is 2.33. The van der Waals surface area contributed by atoms with Gasteiger partial charge in [0.1, 0.15) is 5.82 Å². The zero-order valence-electron chi connectivity index (χ0n) is 16.4. The lowest BCUT2D eigenvalue weighted by molar-refractivity contribution is -0.0546. The average molecular weight is 428 g/mol. The molecule has 4 aromatic rings. The molecule has 0 N–H and O–H groups in total. The Labute approximate surface area is 175 Å². The highest BCUT2D eigenvalue weighted by molar-refractivity contribution is 5.88. The second kappa shape index (κ2) is 8.38. The van der Waals surface area contributed by atoms with Crippen molar-refractivity contribution in [2.75, 3.05) is 0 Å². The van der Waals surface area contributed by atoms with Gasteiger partial charge in [0.25, 0.3) is 0 Å². The van der Waals surface area contributed by atoms with Gasteiger partial charge in [-0.25, -0.2) is 13.2 Å². The summed E-state index contributed by atoms with van der Waals surface area (Å²) in [6, 6.07) is 17.8. The summed E-state index contributed by atoms with van der Waals surface area (Å²) < 4.78 is 71.3. The van der Waals surface area contributed by atoms with E-state index in [1.807, 2.05) is 30.3 Å². The van der Waals surface area contributed by atoms with Crippen LogP contribution in [0.1, 0.15) is 12.5 Å². The van der Waals surface area contributed by atoms with Crippen molar-refractivity contribution in [2.45, 2.75) is 20.0 Å². The van der Waals surface area contributed by atoms with E-state index in [9.17, 15) is 22.0 Å². The predicted molar refractivity (Wildman–Crippen MR) is 111 cm³/mol. The van der Waals surface area contributed by atoms with E-state index in [1.54, 1.807) is 6.07 Å². The minimum absolute atomic E-state index is 0.0569. The molecule has 6 heteroatoms. The molecule has 1 nitrogen and oxygen atoms in total. The molecule has 0 bridgehead atoms. The van der Waals surface area contributed by atoms with E-state index in [2.05, 4.69) is 17.7 Å². The largest absolute Gasteiger partial charge is 0.429 e. The Balaban J connectivity index is 1.69. The third kappa shape index (κ3) is 4.24. The molecule has 0 aliphatic rings. The predicted octanol–water partition coefficient (Wildman–Crippen LogP) is 7.75. The first-order valence-corrected chi connectivity index (χ1v) is 9.62. The van der Waals surface area contributed by atoms with Crippen LogP contribution in [0.25, 0.3) is 33.0 Å². The summed E-state index contributed by atoms with van der Waals surface area (Å²) in [6.45, 7) is -1.29. The number of benzene rings is 4. The Morgan fingerprint density at radius 1 is 0.677 bits per heavy atom. The highest BCUT2D eigenvalue weighted by Gasteiger charge is 2.19. The van der Waals surface area contributed by atoms with E-state index in [0.29, 0.717) is 5.56 Å². The summed E-state index contributed by atoms with van der Waals surface area (Å²) in [6.07, 6.45) is 0.931. The maximum absolute atomic E-state index is 14.8. The summed E-state index contributed by atoms with van der Waals surface area (Å²) in [7, 11) is 0. The summed E-state index contributed by atoms with van der Waals surface area (Å²) in [4.78, 5) is 0. The average Bonchev–Trinajstić information content (AvgIpc) is 2.75. The Hall–Kier alpha value is -3.41. The Bertz CT molecular complexity index is 1240. The van der Waals surface area contributed by atoms with Crippen LogP contribution in [0.15, 0.2) is 66.7 Å². The molecule has 0 saturated carbocycles. The van der Waals surface area contributed by atoms with Crippen LogP contribution in [0.3, 0.4) is 0 Å². The SMILES string of the molecule is CCc1ccc2cc(-c3ccc(-c4cc(F)c(OC(F)F)c(F)c4)c(F)c3)ccc2c1. The first kappa shape index (κ1) is 20.8. The lowest BCUT2D eigenvalue weighted by atomic mass is 9.97. The molecule has 0 fully saturated rings. The minimum atomic E-state index is -3.37. The van der Waals surface area contributed by atoms with Crippen molar-refractivity contribution in [3.8, 4) is 28.0 Å². The van der Waals surface area contributed by atoms with Crippen molar-refractivity contribution in [2.24, 2.45) is 0 Å². The van der Waals surface area contributed by atoms with Gasteiger partial charge in [0.2, 0.25) is 0 Å². The molecule has 4 aromatic carbocycles. The molecule has 0 amide bonds. The van der Waals surface area contributed by atoms with Gasteiger partial charge in [-0.2, -0.15) is 8.78 Å². The lowest BCUT2D eigenvalue weighted by Gasteiger charge is -2.11. The Morgan fingerprint density at radius 3 is 1.90 bits per heavy atom. The second-order valence-electron chi connectivity index (χ2n) is 7.09. The smallest absolute Gasteiger partial charge is 0.387 e. The molecule has 0 aromatic heterocycles. The van der Waals surface area contributed by atoms with Gasteiger partial charge in [-0.3, -0.25) is 0 Å². The third-order valence-electron chi connectivity index (χ3n) is 5.13. The van der Waals surface area contributed by atoms with Crippen LogP contribution in [0, 0.1) is 17.5 Å². The molecule has 0 saturated heterocycles. The maximum Gasteiger partial charge on any atom is 0.387 e. The second-order valence-corrected chi connectivity index (χ2v) is 7.09. The number of fused-ring (bicyclic) bond motifs is 1. The zero-order valence-corrected chi connectivity index (χ0v) is 16.4. The van der Waals surface area contributed by atoms with Crippen LogP contribution < -0.4 is 4.74 Å². The fourth-order valence-electron chi connectivity index (χ4n) is 3.54. The topological polar surface area (TPSA) is 9.23 Å². The van der Waals surface area contributed by atoms with Gasteiger partial charge in [-0.05, 0) is 63.7 Å². The Morgan fingerprint density at radius 2 is 1.26 bits per heavy atom. The molecule has 0 unspecified atom stereocenters. The summed E-state index contributed by atoms with van der Waals surface area (Å²) in [5, 5.41) is 2.09. The fourth-order valence-corrected chi connectivity index (χ4v) is 3.54. The van der Waals surface area contributed by atoms with E-state index >= 15 is 0 Å². The first-order valence-electron chi connectivity index (χ1n) is 9.62. The number of hydrogen-bond acceptors (Lipinski definition) is 1. The molecule has 0 radical (unpaired) electrons. The number of aryl methyl sites for hydroxylation is 1. The summed E-state index contributed by atoms with van der Waals surface area (Å²) >= 11 is 0. The third-order valence-corrected chi connectivity index (χ3v) is 5.13. The van der Waals surface area contributed by atoms with Gasteiger partial charge in [0.15, 0.2) is 17.4 Å². The number of rotatable bonds is 5. The minimum Gasteiger partial charge on any atom is -0.429 e. The van der Waals surface area contributed by atoms with Crippen molar-refractivity contribution in [1.29, 1.82) is 0 Å². The van der Waals surface area contributed by atoms with Crippen molar-refractivity contribution < 1.29 is 26.7 Å². The summed E-state index contributed by atoms with van der Waals surface area (Å²) in [5.74, 6) is -4.56. The van der Waals surface area contributed by atoms with Gasteiger partial charge in [0.05, 0.1) is 0 Å². The number of ether oxygens (including phenoxy) is 1. The molecular formula is C25H17F5O. The van der Waals surface area contributed by atoms with Gasteiger partial charge >= 0.3 is 6.61 Å². The molecule has 0 heterocycles. The maximum atomic E-state index is 14.8. The highest BCUT2D eigenvalue weighted by atomic mass is 19.3. The van der Waals surface area contributed by atoms with E-state index in [4.69, 9.17) is 0 Å². The van der Waals surface area contributed by atoms with Crippen molar-refractivity contribution in [1.82, 2.24) is 0 Å². The lowest BCUT2D eigenvalue weighted by Crippen LogP contribution is -2.06. The van der Waals surface area contributed by atoms with Gasteiger partial charge < -0.3 is 4.74 Å². The molecule has 0 aliphatic heterocycles. The first-order chi connectivity index (χ1) is 14.9. The van der Waals surface area contributed by atoms with Crippen LogP contribution in [0.2, 0.25) is 0 Å². The number of hydrogen-bond donors (Lipinski definition) is 0. The molecule has 31 heavy (non-hydrogen) atoms. The van der Waals surface area contributed by atoms with Crippen LogP contribution >= 0.6 is 0 Å². The molecule has 158 valence electrons. The fraction of sp³-hybridized carbons (Fsp3) is 0.120. The van der Waals surface area contributed by atoms with E-state index < -0.39 is 29.8 Å². The molecule has 0 aliphatic carbocycles. The van der Waals surface area contributed by atoms with Crippen molar-refractivity contribution >= 4 is 10.8 Å². The quantitative estimate of drug-likeness (QED) is 0.295. The number of alkyl halides is 2. The van der Waals surface area contributed by atoms with E-state index in [0.717, 1.165) is 34.9 Å². The molecule has 0 atom stereocenters. The monoisotopic (exact) mass is 428 g/mol. The van der Waals surface area contributed by atoms with Gasteiger partial charge in [-0.15, -0.1) is 0 Å². The van der Waals surface area contributed by atoms with Crippen LogP contribution in [0.5, 0.6) is 5.75 Å². The standard InChI is InChI=1S/C25H17F5O/c1-2-14-3-4-16-10-17(6-5-15(16)9-14)18-7-8-20(21(26)11-18)19-12-22(27)24(23(28)13-19)31-25(29)30/h3-13,25H,2H2,1H3. The van der Waals surface area contributed by atoms with Crippen LogP contribution in [-0.4, -0.2) is 6.61 Å². The van der Waals surface area contributed by atoms with Gasteiger partial charge in [-0.1, -0.05) is 49.4 Å². The number of halogens is 5. The van der Waals surface area contributed by atoms with Gasteiger partial charge in [0, 0.05) is 5.56 Å². The van der Waals surface area contributed by atoms with Crippen molar-refractivity contribution in [3.63, 3.8) is 0 Å². The molecular weight excluding hydrogens is 411 g/mol. The molecule has 4 rings (SSSR count). The zero-order chi connectivity index (χ0) is 22.1. The summed E-state index contributed by atoms with van der Waals surface area (Å²) in [5.41, 5.74) is 2.44.